The maximum atomic E-state index is 12.0. The third-order valence-electron chi connectivity index (χ3n) is 4.19. The van der Waals surface area contributed by atoms with E-state index in [0.29, 0.717) is 11.4 Å². The number of esters is 1. The van der Waals surface area contributed by atoms with E-state index >= 15 is 0 Å². The molecule has 0 saturated carbocycles. The molecule has 5 nitrogen and oxygen atoms in total. The van der Waals surface area contributed by atoms with Crippen LogP contribution >= 0.6 is 0 Å². The normalized spacial score (nSPS) is 10.3. The molecule has 0 aliphatic heterocycles. The molecular weight excluding hydrogens is 366 g/mol. The Morgan fingerprint density at radius 3 is 2.21 bits per heavy atom. The zero-order valence-electron chi connectivity index (χ0n) is 16.5. The van der Waals surface area contributed by atoms with Gasteiger partial charge in [0, 0.05) is 11.3 Å². The summed E-state index contributed by atoms with van der Waals surface area (Å²) in [4.78, 5) is 24.0. The standard InChI is InChI=1S/C24H23NO4/c1-17-12-18(2)14-20(13-17)25-23(26)15-29-24(27)16-28-22-11-7-6-10-21(22)19-8-4-3-5-9-19/h3-14H,15-16H2,1-2H3,(H,25,26). The van der Waals surface area contributed by atoms with Gasteiger partial charge in [-0.3, -0.25) is 4.79 Å². The Hall–Kier alpha value is -3.60. The van der Waals surface area contributed by atoms with Crippen molar-refractivity contribution in [3.8, 4) is 16.9 Å². The van der Waals surface area contributed by atoms with Crippen molar-refractivity contribution in [3.05, 3.63) is 83.9 Å². The van der Waals surface area contributed by atoms with Crippen molar-refractivity contribution in [2.24, 2.45) is 0 Å². The van der Waals surface area contributed by atoms with Crippen LogP contribution in [-0.4, -0.2) is 25.1 Å². The smallest absolute Gasteiger partial charge is 0.344 e. The van der Waals surface area contributed by atoms with Crippen molar-refractivity contribution in [2.75, 3.05) is 18.5 Å². The number of benzene rings is 3. The van der Waals surface area contributed by atoms with Crippen molar-refractivity contribution in [1.82, 2.24) is 0 Å². The van der Waals surface area contributed by atoms with E-state index in [2.05, 4.69) is 5.32 Å². The average molecular weight is 389 g/mol. The van der Waals surface area contributed by atoms with Crippen LogP contribution in [0.2, 0.25) is 0 Å². The summed E-state index contributed by atoms with van der Waals surface area (Å²) in [6.45, 7) is 3.26. The third-order valence-corrected chi connectivity index (χ3v) is 4.19. The van der Waals surface area contributed by atoms with Crippen molar-refractivity contribution in [2.45, 2.75) is 13.8 Å². The van der Waals surface area contributed by atoms with E-state index in [1.54, 1.807) is 6.07 Å². The Balaban J connectivity index is 1.51. The minimum absolute atomic E-state index is 0.277. The van der Waals surface area contributed by atoms with Crippen LogP contribution in [0.5, 0.6) is 5.75 Å². The molecule has 0 radical (unpaired) electrons. The van der Waals surface area contributed by atoms with Gasteiger partial charge in [-0.2, -0.15) is 0 Å². The maximum absolute atomic E-state index is 12.0. The number of hydrogen-bond acceptors (Lipinski definition) is 4. The molecule has 5 heteroatoms. The van der Waals surface area contributed by atoms with Crippen LogP contribution in [0, 0.1) is 13.8 Å². The maximum Gasteiger partial charge on any atom is 0.344 e. The van der Waals surface area contributed by atoms with Crippen LogP contribution in [0.25, 0.3) is 11.1 Å². The first-order valence-corrected chi connectivity index (χ1v) is 9.32. The van der Waals surface area contributed by atoms with E-state index in [0.717, 1.165) is 22.3 Å². The summed E-state index contributed by atoms with van der Waals surface area (Å²) < 4.78 is 10.7. The first-order chi connectivity index (χ1) is 14.0. The van der Waals surface area contributed by atoms with Crippen molar-refractivity contribution >= 4 is 17.6 Å². The first kappa shape index (κ1) is 20.1. The summed E-state index contributed by atoms with van der Waals surface area (Å²) in [6, 6.07) is 22.9. The summed E-state index contributed by atoms with van der Waals surface area (Å²) in [5.74, 6) is -0.424. The molecule has 0 bridgehead atoms. The highest BCUT2D eigenvalue weighted by Gasteiger charge is 2.11. The zero-order chi connectivity index (χ0) is 20.6. The average Bonchev–Trinajstić information content (AvgIpc) is 2.71. The second-order valence-electron chi connectivity index (χ2n) is 6.74. The van der Waals surface area contributed by atoms with Gasteiger partial charge in [-0.1, -0.05) is 54.6 Å². The van der Waals surface area contributed by atoms with Gasteiger partial charge in [0.25, 0.3) is 5.91 Å². The van der Waals surface area contributed by atoms with E-state index in [-0.39, 0.29) is 13.2 Å². The fourth-order valence-corrected chi connectivity index (χ4v) is 3.02. The number of amides is 1. The summed E-state index contributed by atoms with van der Waals surface area (Å²) in [7, 11) is 0. The van der Waals surface area contributed by atoms with Crippen molar-refractivity contribution in [1.29, 1.82) is 0 Å². The highest BCUT2D eigenvalue weighted by atomic mass is 16.6. The van der Waals surface area contributed by atoms with Gasteiger partial charge in [-0.25, -0.2) is 4.79 Å². The molecule has 0 saturated heterocycles. The Morgan fingerprint density at radius 2 is 1.48 bits per heavy atom. The lowest BCUT2D eigenvalue weighted by molar-refractivity contribution is -0.149. The monoisotopic (exact) mass is 389 g/mol. The molecule has 3 aromatic rings. The minimum atomic E-state index is -0.608. The number of anilines is 1. The molecule has 0 aliphatic rings. The van der Waals surface area contributed by atoms with E-state index in [1.165, 1.54) is 0 Å². The van der Waals surface area contributed by atoms with Gasteiger partial charge in [0.1, 0.15) is 5.75 Å². The number of ether oxygens (including phenoxy) is 2. The van der Waals surface area contributed by atoms with Gasteiger partial charge in [0.15, 0.2) is 13.2 Å². The van der Waals surface area contributed by atoms with Gasteiger partial charge >= 0.3 is 5.97 Å². The largest absolute Gasteiger partial charge is 0.481 e. The van der Waals surface area contributed by atoms with Crippen LogP contribution in [0.15, 0.2) is 72.8 Å². The Kier molecular flexibility index (Phi) is 6.63. The Morgan fingerprint density at radius 1 is 0.828 bits per heavy atom. The van der Waals surface area contributed by atoms with Crippen LogP contribution in [0.1, 0.15) is 11.1 Å². The van der Waals surface area contributed by atoms with E-state index < -0.39 is 11.9 Å². The number of carbonyl (C=O) groups is 2. The van der Waals surface area contributed by atoms with E-state index in [1.807, 2.05) is 80.6 Å². The molecule has 0 unspecified atom stereocenters. The lowest BCUT2D eigenvalue weighted by atomic mass is 10.1. The molecule has 0 fully saturated rings. The fourth-order valence-electron chi connectivity index (χ4n) is 3.02. The highest BCUT2D eigenvalue weighted by Crippen LogP contribution is 2.29. The molecular formula is C24H23NO4. The highest BCUT2D eigenvalue weighted by molar-refractivity contribution is 5.93. The van der Waals surface area contributed by atoms with Gasteiger partial charge in [0.2, 0.25) is 0 Å². The zero-order valence-corrected chi connectivity index (χ0v) is 16.5. The number of aryl methyl sites for hydroxylation is 2. The molecule has 0 aromatic heterocycles. The van der Waals surface area contributed by atoms with E-state index in [9.17, 15) is 9.59 Å². The number of rotatable bonds is 7. The first-order valence-electron chi connectivity index (χ1n) is 9.32. The molecule has 0 spiro atoms. The van der Waals surface area contributed by atoms with Gasteiger partial charge in [0.05, 0.1) is 0 Å². The van der Waals surface area contributed by atoms with Crippen molar-refractivity contribution in [3.63, 3.8) is 0 Å². The molecule has 29 heavy (non-hydrogen) atoms. The fraction of sp³-hybridized carbons (Fsp3) is 0.167. The van der Waals surface area contributed by atoms with Crippen LogP contribution in [0.3, 0.4) is 0 Å². The van der Waals surface area contributed by atoms with Gasteiger partial charge in [-0.05, 0) is 48.7 Å². The summed E-state index contributed by atoms with van der Waals surface area (Å²) >= 11 is 0. The van der Waals surface area contributed by atoms with Gasteiger partial charge in [-0.15, -0.1) is 0 Å². The predicted molar refractivity (Wildman–Crippen MR) is 113 cm³/mol. The SMILES string of the molecule is Cc1cc(C)cc(NC(=O)COC(=O)COc2ccccc2-c2ccccc2)c1. The minimum Gasteiger partial charge on any atom is -0.481 e. The lowest BCUT2D eigenvalue weighted by Crippen LogP contribution is -2.23. The second kappa shape index (κ2) is 9.55. The van der Waals surface area contributed by atoms with Crippen LogP contribution < -0.4 is 10.1 Å². The van der Waals surface area contributed by atoms with E-state index in [4.69, 9.17) is 9.47 Å². The quantitative estimate of drug-likeness (QED) is 0.603. The third kappa shape index (κ3) is 5.94. The molecule has 0 aliphatic carbocycles. The Labute approximate surface area is 170 Å². The topological polar surface area (TPSA) is 64.6 Å². The van der Waals surface area contributed by atoms with Gasteiger partial charge < -0.3 is 14.8 Å². The molecule has 3 aromatic carbocycles. The number of nitrogens with one attached hydrogen (secondary N) is 1. The summed E-state index contributed by atoms with van der Waals surface area (Å²) in [6.07, 6.45) is 0. The molecule has 0 heterocycles. The van der Waals surface area contributed by atoms with Crippen molar-refractivity contribution < 1.29 is 19.1 Å². The lowest BCUT2D eigenvalue weighted by Gasteiger charge is -2.12. The number of carbonyl (C=O) groups excluding carboxylic acids is 2. The molecule has 0 atom stereocenters. The second-order valence-corrected chi connectivity index (χ2v) is 6.74. The Bertz CT molecular complexity index is 979. The summed E-state index contributed by atoms with van der Waals surface area (Å²) in [5, 5.41) is 2.73. The number of hydrogen-bond donors (Lipinski definition) is 1. The number of para-hydroxylation sites is 1. The molecule has 1 N–H and O–H groups in total. The molecule has 1 amide bonds. The van der Waals surface area contributed by atoms with Crippen LogP contribution in [0.4, 0.5) is 5.69 Å². The van der Waals surface area contributed by atoms with Crippen LogP contribution in [-0.2, 0) is 14.3 Å². The predicted octanol–water partition coefficient (Wildman–Crippen LogP) is 4.53. The molecule has 3 rings (SSSR count). The summed E-state index contributed by atoms with van der Waals surface area (Å²) in [5.41, 5.74) is 4.64. The molecule has 148 valence electrons.